The molecule has 2 rings (SSSR count). The van der Waals surface area contributed by atoms with E-state index in [0.717, 1.165) is 19.1 Å². The molecule has 0 aromatic rings. The maximum Gasteiger partial charge on any atom is 0.104 e. The summed E-state index contributed by atoms with van der Waals surface area (Å²) in [5.74, 6) is 2.30. The minimum absolute atomic E-state index is 0.411. The van der Waals surface area contributed by atoms with Crippen LogP contribution in [0.4, 0.5) is 0 Å². The minimum Gasteiger partial charge on any atom is -0.375 e. The van der Waals surface area contributed by atoms with Gasteiger partial charge in [-0.3, -0.25) is 0 Å². The Bertz CT molecular complexity index is 177. The first-order chi connectivity index (χ1) is 6.66. The van der Waals surface area contributed by atoms with E-state index in [1.165, 1.54) is 12.8 Å². The fourth-order valence-electron chi connectivity index (χ4n) is 2.91. The van der Waals surface area contributed by atoms with E-state index < -0.39 is 0 Å². The van der Waals surface area contributed by atoms with Crippen molar-refractivity contribution < 1.29 is 9.47 Å². The SMILES string of the molecule is CC1CC(C)C(OCC2CO2)C(C)C1. The Kier molecular flexibility index (Phi) is 3.13. The molecular weight excluding hydrogens is 176 g/mol. The number of ether oxygens (including phenoxy) is 2. The first-order valence-electron chi connectivity index (χ1n) is 5.90. The molecule has 2 aliphatic rings. The van der Waals surface area contributed by atoms with Crippen LogP contribution in [0.3, 0.4) is 0 Å². The summed E-state index contributed by atoms with van der Waals surface area (Å²) in [6.07, 6.45) is 3.52. The van der Waals surface area contributed by atoms with Crippen LogP contribution in [0.1, 0.15) is 33.6 Å². The van der Waals surface area contributed by atoms with Gasteiger partial charge in [0.15, 0.2) is 0 Å². The van der Waals surface area contributed by atoms with Crippen LogP contribution in [0, 0.1) is 17.8 Å². The number of hydrogen-bond acceptors (Lipinski definition) is 2. The van der Waals surface area contributed by atoms with E-state index in [2.05, 4.69) is 20.8 Å². The third-order valence-electron chi connectivity index (χ3n) is 3.55. The van der Waals surface area contributed by atoms with E-state index in [9.17, 15) is 0 Å². The van der Waals surface area contributed by atoms with Gasteiger partial charge in [-0.05, 0) is 30.6 Å². The summed E-state index contributed by atoms with van der Waals surface area (Å²) in [6, 6.07) is 0. The highest BCUT2D eigenvalue weighted by atomic mass is 16.6. The van der Waals surface area contributed by atoms with Gasteiger partial charge in [0, 0.05) is 0 Å². The van der Waals surface area contributed by atoms with E-state index >= 15 is 0 Å². The fourth-order valence-corrected chi connectivity index (χ4v) is 2.91. The summed E-state index contributed by atoms with van der Waals surface area (Å²) in [4.78, 5) is 0. The van der Waals surface area contributed by atoms with Crippen LogP contribution < -0.4 is 0 Å². The number of hydrogen-bond donors (Lipinski definition) is 0. The van der Waals surface area contributed by atoms with Gasteiger partial charge in [0.1, 0.15) is 6.10 Å². The molecule has 1 heterocycles. The highest BCUT2D eigenvalue weighted by Crippen LogP contribution is 2.35. The highest BCUT2D eigenvalue weighted by Gasteiger charge is 2.33. The Balaban J connectivity index is 1.81. The molecule has 0 radical (unpaired) electrons. The molecule has 2 heteroatoms. The van der Waals surface area contributed by atoms with Crippen molar-refractivity contribution in [1.82, 2.24) is 0 Å². The molecule has 14 heavy (non-hydrogen) atoms. The van der Waals surface area contributed by atoms with Crippen LogP contribution in [0.25, 0.3) is 0 Å². The lowest BCUT2D eigenvalue weighted by Gasteiger charge is -2.37. The molecule has 0 bridgehead atoms. The lowest BCUT2D eigenvalue weighted by molar-refractivity contribution is -0.0532. The van der Waals surface area contributed by atoms with Gasteiger partial charge in [-0.1, -0.05) is 20.8 Å². The second-order valence-electron chi connectivity index (χ2n) is 5.28. The third-order valence-corrected chi connectivity index (χ3v) is 3.55. The van der Waals surface area contributed by atoms with Crippen molar-refractivity contribution in [2.75, 3.05) is 13.2 Å². The molecule has 1 saturated heterocycles. The molecule has 1 aliphatic heterocycles. The summed E-state index contributed by atoms with van der Waals surface area (Å²) < 4.78 is 11.1. The maximum absolute atomic E-state index is 5.95. The average molecular weight is 198 g/mol. The van der Waals surface area contributed by atoms with Gasteiger partial charge in [0.2, 0.25) is 0 Å². The van der Waals surface area contributed by atoms with Gasteiger partial charge in [-0.15, -0.1) is 0 Å². The molecule has 0 aromatic heterocycles. The maximum atomic E-state index is 5.95. The molecule has 82 valence electrons. The Morgan fingerprint density at radius 3 is 2.21 bits per heavy atom. The van der Waals surface area contributed by atoms with Crippen LogP contribution in [0.15, 0.2) is 0 Å². The summed E-state index contributed by atoms with van der Waals surface area (Å²) >= 11 is 0. The minimum atomic E-state index is 0.411. The van der Waals surface area contributed by atoms with Crippen molar-refractivity contribution in [3.63, 3.8) is 0 Å². The molecule has 3 atom stereocenters. The molecule has 3 unspecified atom stereocenters. The van der Waals surface area contributed by atoms with Gasteiger partial charge >= 0.3 is 0 Å². The van der Waals surface area contributed by atoms with Crippen molar-refractivity contribution in [3.8, 4) is 0 Å². The predicted octanol–water partition coefficient (Wildman–Crippen LogP) is 2.47. The first-order valence-corrected chi connectivity index (χ1v) is 5.90. The van der Waals surface area contributed by atoms with Crippen molar-refractivity contribution in [3.05, 3.63) is 0 Å². The summed E-state index contributed by atoms with van der Waals surface area (Å²) in [6.45, 7) is 8.72. The number of rotatable bonds is 3. The van der Waals surface area contributed by atoms with Crippen LogP contribution in [0.5, 0.6) is 0 Å². The van der Waals surface area contributed by atoms with Crippen LogP contribution in [-0.2, 0) is 9.47 Å². The third kappa shape index (κ3) is 2.48. The Morgan fingerprint density at radius 1 is 1.14 bits per heavy atom. The second-order valence-corrected chi connectivity index (χ2v) is 5.28. The molecule has 0 amide bonds. The van der Waals surface area contributed by atoms with Crippen molar-refractivity contribution >= 4 is 0 Å². The van der Waals surface area contributed by atoms with E-state index in [4.69, 9.17) is 9.47 Å². The summed E-state index contributed by atoms with van der Waals surface area (Å²) in [7, 11) is 0. The Hall–Kier alpha value is -0.0800. The zero-order chi connectivity index (χ0) is 10.1. The van der Waals surface area contributed by atoms with Crippen LogP contribution >= 0.6 is 0 Å². The van der Waals surface area contributed by atoms with Gasteiger partial charge in [0.25, 0.3) is 0 Å². The van der Waals surface area contributed by atoms with Crippen molar-refractivity contribution in [2.24, 2.45) is 17.8 Å². The Morgan fingerprint density at radius 2 is 1.71 bits per heavy atom. The quantitative estimate of drug-likeness (QED) is 0.650. The molecular formula is C12H22O2. The summed E-state index contributed by atoms with van der Waals surface area (Å²) in [5, 5.41) is 0. The van der Waals surface area contributed by atoms with E-state index in [1.807, 2.05) is 0 Å². The lowest BCUT2D eigenvalue weighted by Crippen LogP contribution is -2.36. The van der Waals surface area contributed by atoms with Crippen LogP contribution in [0.2, 0.25) is 0 Å². The van der Waals surface area contributed by atoms with Gasteiger partial charge in [-0.2, -0.15) is 0 Å². The largest absolute Gasteiger partial charge is 0.375 e. The number of epoxide rings is 1. The average Bonchev–Trinajstić information content (AvgIpc) is 2.85. The summed E-state index contributed by atoms with van der Waals surface area (Å²) in [5.41, 5.74) is 0. The molecule has 2 fully saturated rings. The molecule has 0 aromatic carbocycles. The van der Waals surface area contributed by atoms with E-state index in [0.29, 0.717) is 24.0 Å². The molecule has 0 spiro atoms. The zero-order valence-electron chi connectivity index (χ0n) is 9.53. The zero-order valence-corrected chi connectivity index (χ0v) is 9.53. The lowest BCUT2D eigenvalue weighted by atomic mass is 9.75. The van der Waals surface area contributed by atoms with E-state index in [1.54, 1.807) is 0 Å². The second kappa shape index (κ2) is 4.19. The topological polar surface area (TPSA) is 21.8 Å². The predicted molar refractivity (Wildman–Crippen MR) is 56.2 cm³/mol. The van der Waals surface area contributed by atoms with Crippen LogP contribution in [-0.4, -0.2) is 25.4 Å². The van der Waals surface area contributed by atoms with Gasteiger partial charge < -0.3 is 9.47 Å². The highest BCUT2D eigenvalue weighted by molar-refractivity contribution is 4.82. The molecule has 0 N–H and O–H groups in total. The smallest absolute Gasteiger partial charge is 0.104 e. The molecule has 1 saturated carbocycles. The van der Waals surface area contributed by atoms with Crippen molar-refractivity contribution in [1.29, 1.82) is 0 Å². The Labute approximate surface area is 87.0 Å². The molecule has 1 aliphatic carbocycles. The van der Waals surface area contributed by atoms with Crippen molar-refractivity contribution in [2.45, 2.75) is 45.8 Å². The standard InChI is InChI=1S/C12H22O2/c1-8-4-9(2)12(10(3)5-8)14-7-11-6-13-11/h8-12H,4-7H2,1-3H3. The first kappa shape index (κ1) is 10.4. The molecule has 2 nitrogen and oxygen atoms in total. The fraction of sp³-hybridized carbons (Fsp3) is 1.00. The monoisotopic (exact) mass is 198 g/mol. The van der Waals surface area contributed by atoms with Gasteiger partial charge in [-0.25, -0.2) is 0 Å². The van der Waals surface area contributed by atoms with E-state index in [-0.39, 0.29) is 0 Å². The van der Waals surface area contributed by atoms with Gasteiger partial charge in [0.05, 0.1) is 19.3 Å². The normalized spacial score (nSPS) is 47.8.